The molecule has 0 N–H and O–H groups in total. The Kier molecular flexibility index (Phi) is 3.00. The van der Waals surface area contributed by atoms with Crippen molar-refractivity contribution in [2.24, 2.45) is 0 Å². The highest BCUT2D eigenvalue weighted by molar-refractivity contribution is 5.80. The fraction of sp³-hybridized carbons (Fsp3) is 0.0833. The molecule has 3 nitrogen and oxygen atoms in total. The summed E-state index contributed by atoms with van der Waals surface area (Å²) in [4.78, 5) is 11.5. The lowest BCUT2D eigenvalue weighted by Gasteiger charge is -2.05. The van der Waals surface area contributed by atoms with Gasteiger partial charge < -0.3 is 4.74 Å². The van der Waals surface area contributed by atoms with Crippen LogP contribution in [0, 0.1) is 5.82 Å². The van der Waals surface area contributed by atoms with Crippen molar-refractivity contribution < 1.29 is 13.9 Å². The maximum absolute atomic E-state index is 12.6. The smallest absolute Gasteiger partial charge is 0.268 e. The molecule has 0 radical (unpaired) electrons. The molecule has 4 heteroatoms. The minimum absolute atomic E-state index is 0.0691. The number of halogens is 1. The van der Waals surface area contributed by atoms with E-state index in [0.29, 0.717) is 5.75 Å². The Bertz CT molecular complexity index is 462. The van der Waals surface area contributed by atoms with Gasteiger partial charge >= 0.3 is 0 Å². The third-order valence-electron chi connectivity index (χ3n) is 2.07. The summed E-state index contributed by atoms with van der Waals surface area (Å²) in [6.07, 6.45) is 3.30. The number of nitrogens with zero attached hydrogens (tertiary/aromatic N) is 1. The standard InChI is InChI=1S/C12H10FNO2/c13-10-3-5-11(6-4-10)16-9-12(15)14-7-1-2-8-14/h1-8H,9H2. The van der Waals surface area contributed by atoms with Gasteiger partial charge in [0.05, 0.1) is 0 Å². The number of rotatable bonds is 3. The first-order valence-electron chi connectivity index (χ1n) is 4.80. The Morgan fingerprint density at radius 1 is 1.19 bits per heavy atom. The Hall–Kier alpha value is -2.10. The average Bonchev–Trinajstić information content (AvgIpc) is 2.81. The molecule has 1 aromatic carbocycles. The molecular weight excluding hydrogens is 209 g/mol. The first-order chi connectivity index (χ1) is 7.75. The molecule has 0 saturated carbocycles. The fourth-order valence-corrected chi connectivity index (χ4v) is 1.25. The second-order valence-electron chi connectivity index (χ2n) is 3.23. The van der Waals surface area contributed by atoms with Crippen molar-refractivity contribution in [3.63, 3.8) is 0 Å². The topological polar surface area (TPSA) is 31.2 Å². The Morgan fingerprint density at radius 3 is 2.44 bits per heavy atom. The van der Waals surface area contributed by atoms with Crippen molar-refractivity contribution in [2.45, 2.75) is 0 Å². The van der Waals surface area contributed by atoms with Crippen LogP contribution in [0.25, 0.3) is 0 Å². The molecule has 16 heavy (non-hydrogen) atoms. The Balaban J connectivity index is 1.93. The number of hydrogen-bond acceptors (Lipinski definition) is 2. The second-order valence-corrected chi connectivity index (χ2v) is 3.23. The van der Waals surface area contributed by atoms with Gasteiger partial charge in [0.1, 0.15) is 11.6 Å². The quantitative estimate of drug-likeness (QED) is 0.793. The number of benzene rings is 1. The van der Waals surface area contributed by atoms with Gasteiger partial charge in [-0.25, -0.2) is 4.39 Å². The molecule has 0 aliphatic rings. The highest BCUT2D eigenvalue weighted by Crippen LogP contribution is 2.10. The number of carbonyl (C=O) groups is 1. The van der Waals surface area contributed by atoms with Crippen LogP contribution in [0.15, 0.2) is 48.8 Å². The van der Waals surface area contributed by atoms with E-state index in [4.69, 9.17) is 4.74 Å². The van der Waals surface area contributed by atoms with Gasteiger partial charge in [0.25, 0.3) is 5.91 Å². The van der Waals surface area contributed by atoms with Gasteiger partial charge in [-0.2, -0.15) is 0 Å². The van der Waals surface area contributed by atoms with Crippen LogP contribution in [-0.2, 0) is 0 Å². The molecule has 0 fully saturated rings. The summed E-state index contributed by atoms with van der Waals surface area (Å²) in [7, 11) is 0. The third-order valence-corrected chi connectivity index (χ3v) is 2.07. The summed E-state index contributed by atoms with van der Waals surface area (Å²) in [5.41, 5.74) is 0. The van der Waals surface area contributed by atoms with Crippen molar-refractivity contribution in [1.82, 2.24) is 4.57 Å². The van der Waals surface area contributed by atoms with Gasteiger partial charge in [0, 0.05) is 12.4 Å². The first kappa shape index (κ1) is 10.4. The predicted molar refractivity (Wildman–Crippen MR) is 57.0 cm³/mol. The summed E-state index contributed by atoms with van der Waals surface area (Å²) in [5, 5.41) is 0. The van der Waals surface area contributed by atoms with Crippen molar-refractivity contribution in [3.8, 4) is 5.75 Å². The summed E-state index contributed by atoms with van der Waals surface area (Å²) in [6, 6.07) is 9.06. The Labute approximate surface area is 92.1 Å². The molecule has 0 unspecified atom stereocenters. The maximum Gasteiger partial charge on any atom is 0.268 e. The lowest BCUT2D eigenvalue weighted by molar-refractivity contribution is 0.0838. The van der Waals surface area contributed by atoms with Crippen molar-refractivity contribution >= 4 is 5.91 Å². The molecule has 0 amide bonds. The molecular formula is C12H10FNO2. The van der Waals surface area contributed by atoms with Crippen LogP contribution in [0.1, 0.15) is 4.79 Å². The zero-order valence-corrected chi connectivity index (χ0v) is 8.47. The maximum atomic E-state index is 12.6. The molecule has 0 saturated heterocycles. The lowest BCUT2D eigenvalue weighted by atomic mass is 10.3. The van der Waals surface area contributed by atoms with E-state index in [-0.39, 0.29) is 18.3 Å². The molecule has 1 heterocycles. The van der Waals surface area contributed by atoms with Crippen LogP contribution in [0.4, 0.5) is 4.39 Å². The second kappa shape index (κ2) is 4.61. The van der Waals surface area contributed by atoms with Gasteiger partial charge in [0.15, 0.2) is 6.61 Å². The molecule has 0 atom stereocenters. The molecule has 2 rings (SSSR count). The fourth-order valence-electron chi connectivity index (χ4n) is 1.25. The zero-order chi connectivity index (χ0) is 11.4. The Morgan fingerprint density at radius 2 is 1.81 bits per heavy atom. The number of hydrogen-bond donors (Lipinski definition) is 0. The summed E-state index contributed by atoms with van der Waals surface area (Å²) in [5.74, 6) is -0.0275. The van der Waals surface area contributed by atoms with Crippen LogP contribution >= 0.6 is 0 Å². The van der Waals surface area contributed by atoms with Crippen LogP contribution < -0.4 is 4.74 Å². The van der Waals surface area contributed by atoms with E-state index in [1.165, 1.54) is 28.8 Å². The average molecular weight is 219 g/mol. The van der Waals surface area contributed by atoms with E-state index in [1.807, 2.05) is 0 Å². The van der Waals surface area contributed by atoms with Gasteiger partial charge in [-0.1, -0.05) is 0 Å². The third kappa shape index (κ3) is 2.48. The van der Waals surface area contributed by atoms with Gasteiger partial charge in [-0.05, 0) is 36.4 Å². The van der Waals surface area contributed by atoms with Crippen LogP contribution in [-0.4, -0.2) is 17.1 Å². The highest BCUT2D eigenvalue weighted by Gasteiger charge is 2.04. The predicted octanol–water partition coefficient (Wildman–Crippen LogP) is 2.35. The van der Waals surface area contributed by atoms with E-state index in [0.717, 1.165) is 0 Å². The molecule has 0 bridgehead atoms. The molecule has 1 aromatic heterocycles. The SMILES string of the molecule is O=C(COc1ccc(F)cc1)n1cccc1. The van der Waals surface area contributed by atoms with E-state index in [9.17, 15) is 9.18 Å². The zero-order valence-electron chi connectivity index (χ0n) is 8.47. The molecule has 0 spiro atoms. The number of ether oxygens (including phenoxy) is 1. The minimum atomic E-state index is -0.330. The summed E-state index contributed by atoms with van der Waals surface area (Å²) < 4.78 is 19.2. The monoisotopic (exact) mass is 219 g/mol. The van der Waals surface area contributed by atoms with E-state index < -0.39 is 0 Å². The van der Waals surface area contributed by atoms with Crippen molar-refractivity contribution in [1.29, 1.82) is 0 Å². The molecule has 2 aromatic rings. The van der Waals surface area contributed by atoms with Crippen LogP contribution in [0.2, 0.25) is 0 Å². The highest BCUT2D eigenvalue weighted by atomic mass is 19.1. The van der Waals surface area contributed by atoms with Crippen LogP contribution in [0.3, 0.4) is 0 Å². The summed E-state index contributed by atoms with van der Waals surface area (Å²) >= 11 is 0. The van der Waals surface area contributed by atoms with Gasteiger partial charge in [-0.3, -0.25) is 9.36 Å². The molecule has 0 aliphatic carbocycles. The van der Waals surface area contributed by atoms with Crippen molar-refractivity contribution in [2.75, 3.05) is 6.61 Å². The lowest BCUT2D eigenvalue weighted by Crippen LogP contribution is -2.17. The van der Waals surface area contributed by atoms with Crippen LogP contribution in [0.5, 0.6) is 5.75 Å². The normalized spacial score (nSPS) is 10.1. The van der Waals surface area contributed by atoms with Crippen molar-refractivity contribution in [3.05, 3.63) is 54.6 Å². The van der Waals surface area contributed by atoms with Gasteiger partial charge in [0.2, 0.25) is 0 Å². The largest absolute Gasteiger partial charge is 0.484 e. The molecule has 82 valence electrons. The first-order valence-corrected chi connectivity index (χ1v) is 4.80. The van der Waals surface area contributed by atoms with E-state index in [1.54, 1.807) is 24.5 Å². The molecule has 0 aliphatic heterocycles. The number of carbonyl (C=O) groups excluding carboxylic acids is 1. The number of aromatic nitrogens is 1. The minimum Gasteiger partial charge on any atom is -0.484 e. The van der Waals surface area contributed by atoms with E-state index in [2.05, 4.69) is 0 Å². The van der Waals surface area contributed by atoms with Gasteiger partial charge in [-0.15, -0.1) is 0 Å². The van der Waals surface area contributed by atoms with E-state index >= 15 is 0 Å². The summed E-state index contributed by atoms with van der Waals surface area (Å²) in [6.45, 7) is -0.0691.